The number of rotatable bonds is 2. The van der Waals surface area contributed by atoms with Gasteiger partial charge in [0.25, 0.3) is 0 Å². The molecular formula is C15H9ClF4N4. The first kappa shape index (κ1) is 15.3. The molecule has 1 unspecified atom stereocenters. The highest BCUT2D eigenvalue weighted by molar-refractivity contribution is 6.29. The molecule has 0 amide bonds. The summed E-state index contributed by atoms with van der Waals surface area (Å²) in [6.07, 6.45) is -0.178. The van der Waals surface area contributed by atoms with Crippen molar-refractivity contribution in [2.75, 3.05) is 0 Å². The normalized spacial score (nSPS) is 20.5. The predicted octanol–water partition coefficient (Wildman–Crippen LogP) is 4.21. The van der Waals surface area contributed by atoms with Gasteiger partial charge in [-0.3, -0.25) is 4.98 Å². The Balaban J connectivity index is 1.68. The maximum atomic E-state index is 14.1. The zero-order valence-electron chi connectivity index (χ0n) is 11.9. The third-order valence-electron chi connectivity index (χ3n) is 4.10. The molecule has 0 N–H and O–H groups in total. The molecule has 4 rings (SSSR count). The Morgan fingerprint density at radius 1 is 1.17 bits per heavy atom. The van der Waals surface area contributed by atoms with Crippen molar-refractivity contribution in [1.82, 2.24) is 19.6 Å². The molecule has 1 fully saturated rings. The molecule has 0 saturated heterocycles. The van der Waals surface area contributed by atoms with Crippen LogP contribution in [0.4, 0.5) is 17.6 Å². The van der Waals surface area contributed by atoms with Crippen LogP contribution in [0.15, 0.2) is 30.7 Å². The van der Waals surface area contributed by atoms with Crippen LogP contribution in [0.2, 0.25) is 5.15 Å². The predicted molar refractivity (Wildman–Crippen MR) is 77.3 cm³/mol. The highest BCUT2D eigenvalue weighted by atomic mass is 35.5. The van der Waals surface area contributed by atoms with E-state index in [1.54, 1.807) is 18.5 Å². The van der Waals surface area contributed by atoms with Crippen molar-refractivity contribution in [2.45, 2.75) is 24.4 Å². The van der Waals surface area contributed by atoms with E-state index < -0.39 is 17.6 Å². The van der Waals surface area contributed by atoms with Crippen molar-refractivity contribution < 1.29 is 17.6 Å². The summed E-state index contributed by atoms with van der Waals surface area (Å²) in [4.78, 5) is 7.90. The molecule has 9 heteroatoms. The van der Waals surface area contributed by atoms with Gasteiger partial charge in [0.2, 0.25) is 0 Å². The van der Waals surface area contributed by atoms with Gasteiger partial charge in [-0.05, 0) is 24.5 Å². The minimum atomic E-state index is -4.62. The molecule has 1 saturated carbocycles. The van der Waals surface area contributed by atoms with Crippen molar-refractivity contribution in [1.29, 1.82) is 0 Å². The lowest BCUT2D eigenvalue weighted by Gasteiger charge is -2.08. The topological polar surface area (TPSA) is 43.1 Å². The molecule has 124 valence electrons. The van der Waals surface area contributed by atoms with E-state index in [0.29, 0.717) is 24.3 Å². The van der Waals surface area contributed by atoms with Gasteiger partial charge < -0.3 is 0 Å². The van der Waals surface area contributed by atoms with Crippen LogP contribution in [0, 0.1) is 5.82 Å². The lowest BCUT2D eigenvalue weighted by Crippen LogP contribution is -2.08. The molecular weight excluding hydrogens is 348 g/mol. The Labute approximate surface area is 138 Å². The third-order valence-corrected chi connectivity index (χ3v) is 4.28. The Kier molecular flexibility index (Phi) is 3.28. The zero-order chi connectivity index (χ0) is 17.1. The van der Waals surface area contributed by atoms with E-state index in [4.69, 9.17) is 11.6 Å². The minimum Gasteiger partial charge on any atom is -0.257 e. The number of fused-ring (bicyclic) bond motifs is 1. The Hall–Kier alpha value is -2.22. The van der Waals surface area contributed by atoms with E-state index in [9.17, 15) is 17.6 Å². The number of hydrogen-bond acceptors (Lipinski definition) is 3. The number of pyridine rings is 1. The van der Waals surface area contributed by atoms with E-state index in [2.05, 4.69) is 15.1 Å². The van der Waals surface area contributed by atoms with Gasteiger partial charge in [0.05, 0.1) is 11.3 Å². The van der Waals surface area contributed by atoms with Crippen LogP contribution >= 0.6 is 11.6 Å². The Bertz CT molecular complexity index is 937. The fraction of sp³-hybridized carbons (Fsp3) is 0.267. The SMILES string of the molecule is Fc1cc(C(F)(F)F)cnc1[C@H]1CC1c1cc(Cl)nn2ccnc12. The van der Waals surface area contributed by atoms with E-state index >= 15 is 0 Å². The monoisotopic (exact) mass is 356 g/mol. The molecule has 1 aliphatic carbocycles. The molecule has 4 nitrogen and oxygen atoms in total. The van der Waals surface area contributed by atoms with Crippen LogP contribution in [0.3, 0.4) is 0 Å². The summed E-state index contributed by atoms with van der Waals surface area (Å²) in [5.74, 6) is -1.35. The van der Waals surface area contributed by atoms with Crippen molar-refractivity contribution in [3.8, 4) is 0 Å². The number of hydrogen-bond donors (Lipinski definition) is 0. The Morgan fingerprint density at radius 2 is 1.96 bits per heavy atom. The first-order chi connectivity index (χ1) is 11.3. The molecule has 0 spiro atoms. The quantitative estimate of drug-likeness (QED) is 0.646. The summed E-state index contributed by atoms with van der Waals surface area (Å²) in [5, 5.41) is 4.33. The fourth-order valence-electron chi connectivity index (χ4n) is 2.90. The number of nitrogens with zero attached hydrogens (tertiary/aromatic N) is 4. The molecule has 0 aliphatic heterocycles. The van der Waals surface area contributed by atoms with E-state index in [1.165, 1.54) is 4.52 Å². The Morgan fingerprint density at radius 3 is 2.67 bits per heavy atom. The second kappa shape index (κ2) is 5.14. The summed E-state index contributed by atoms with van der Waals surface area (Å²) in [6.45, 7) is 0. The van der Waals surface area contributed by atoms with Gasteiger partial charge in [0, 0.05) is 30.1 Å². The van der Waals surface area contributed by atoms with Crippen molar-refractivity contribution in [3.63, 3.8) is 0 Å². The maximum absolute atomic E-state index is 14.1. The van der Waals surface area contributed by atoms with Gasteiger partial charge in [-0.15, -0.1) is 0 Å². The molecule has 3 aromatic rings. The van der Waals surface area contributed by atoms with Gasteiger partial charge in [0.1, 0.15) is 11.0 Å². The summed E-state index contributed by atoms with van der Waals surface area (Å²) < 4.78 is 53.4. The van der Waals surface area contributed by atoms with Crippen molar-refractivity contribution in [3.05, 3.63) is 58.5 Å². The first-order valence-corrected chi connectivity index (χ1v) is 7.45. The number of halogens is 5. The summed E-state index contributed by atoms with van der Waals surface area (Å²) in [6, 6.07) is 2.14. The minimum absolute atomic E-state index is 0.0330. The van der Waals surface area contributed by atoms with Gasteiger partial charge >= 0.3 is 6.18 Å². The molecule has 1 aliphatic rings. The van der Waals surface area contributed by atoms with Crippen LogP contribution in [-0.2, 0) is 6.18 Å². The van der Waals surface area contributed by atoms with Gasteiger partial charge in [-0.2, -0.15) is 18.3 Å². The lowest BCUT2D eigenvalue weighted by molar-refractivity contribution is -0.138. The van der Waals surface area contributed by atoms with Crippen molar-refractivity contribution >= 4 is 17.2 Å². The van der Waals surface area contributed by atoms with Crippen LogP contribution in [0.5, 0.6) is 0 Å². The van der Waals surface area contributed by atoms with Crippen LogP contribution in [-0.4, -0.2) is 19.6 Å². The average molecular weight is 357 g/mol. The molecule has 0 bridgehead atoms. The summed E-state index contributed by atoms with van der Waals surface area (Å²) in [5.41, 5.74) is 0.319. The van der Waals surface area contributed by atoms with Crippen LogP contribution < -0.4 is 0 Å². The van der Waals surface area contributed by atoms with E-state index in [-0.39, 0.29) is 22.7 Å². The first-order valence-electron chi connectivity index (χ1n) is 7.07. The van der Waals surface area contributed by atoms with Crippen LogP contribution in [0.25, 0.3) is 5.65 Å². The van der Waals surface area contributed by atoms with Gasteiger partial charge in [-0.1, -0.05) is 11.6 Å². The average Bonchev–Trinajstić information content (AvgIpc) is 3.14. The molecule has 0 radical (unpaired) electrons. The number of aromatic nitrogens is 4. The molecule has 2 atom stereocenters. The third kappa shape index (κ3) is 2.50. The van der Waals surface area contributed by atoms with Gasteiger partial charge in [-0.25, -0.2) is 13.9 Å². The second-order valence-electron chi connectivity index (χ2n) is 5.66. The van der Waals surface area contributed by atoms with Crippen molar-refractivity contribution in [2.24, 2.45) is 0 Å². The number of imidazole rings is 1. The molecule has 24 heavy (non-hydrogen) atoms. The fourth-order valence-corrected chi connectivity index (χ4v) is 3.10. The molecule has 0 aromatic carbocycles. The van der Waals surface area contributed by atoms with Crippen LogP contribution in [0.1, 0.15) is 35.1 Å². The lowest BCUT2D eigenvalue weighted by atomic mass is 10.1. The second-order valence-corrected chi connectivity index (χ2v) is 6.04. The highest BCUT2D eigenvalue weighted by Crippen LogP contribution is 2.55. The largest absolute Gasteiger partial charge is 0.417 e. The smallest absolute Gasteiger partial charge is 0.257 e. The highest BCUT2D eigenvalue weighted by Gasteiger charge is 2.44. The maximum Gasteiger partial charge on any atom is 0.417 e. The zero-order valence-corrected chi connectivity index (χ0v) is 12.7. The molecule has 3 heterocycles. The summed E-state index contributed by atoms with van der Waals surface area (Å²) in [7, 11) is 0. The van der Waals surface area contributed by atoms with E-state index in [1.807, 2.05) is 0 Å². The van der Waals surface area contributed by atoms with Gasteiger partial charge in [0.15, 0.2) is 5.65 Å². The standard InChI is InChI=1S/C15H9ClF4N4/c16-12-5-10(14-21-1-2-24(14)23-12)8-4-9(8)13-11(17)3-7(6-22-13)15(18,19)20/h1-3,5-6,8-9H,4H2/t8?,9-/m0/s1. The number of alkyl halides is 3. The van der Waals surface area contributed by atoms with E-state index in [0.717, 1.165) is 5.56 Å². The summed E-state index contributed by atoms with van der Waals surface area (Å²) >= 11 is 5.97. The molecule has 3 aromatic heterocycles.